The highest BCUT2D eigenvalue weighted by Crippen LogP contribution is 2.34. The van der Waals surface area contributed by atoms with Gasteiger partial charge in [0, 0.05) is 5.69 Å². The van der Waals surface area contributed by atoms with E-state index in [0.29, 0.717) is 18.5 Å². The molecule has 0 radical (unpaired) electrons. The van der Waals surface area contributed by atoms with Gasteiger partial charge in [-0.25, -0.2) is 9.97 Å². The van der Waals surface area contributed by atoms with Crippen LogP contribution in [0.1, 0.15) is 42.9 Å². The number of ether oxygens (including phenoxy) is 1. The molecule has 2 aliphatic rings. The van der Waals surface area contributed by atoms with E-state index >= 15 is 0 Å². The van der Waals surface area contributed by atoms with Crippen LogP contribution in [0, 0.1) is 0 Å². The highest BCUT2D eigenvalue weighted by atomic mass is 16.5. The number of aryl methyl sites for hydroxylation is 2. The molecule has 2 aromatic rings. The van der Waals surface area contributed by atoms with E-state index in [2.05, 4.69) is 21.5 Å². The van der Waals surface area contributed by atoms with Crippen molar-refractivity contribution < 1.29 is 4.74 Å². The molecule has 0 bridgehead atoms. The van der Waals surface area contributed by atoms with Gasteiger partial charge in [-0.2, -0.15) is 0 Å². The molecule has 0 spiro atoms. The topological polar surface area (TPSA) is 66.0 Å². The van der Waals surface area contributed by atoms with Crippen molar-refractivity contribution in [3.8, 4) is 0 Å². The number of rotatable bonds is 0. The number of hydrogen-bond acceptors (Lipinski definition) is 4. The van der Waals surface area contributed by atoms with Crippen LogP contribution in [0.5, 0.6) is 0 Å². The van der Waals surface area contributed by atoms with Crippen molar-refractivity contribution in [2.24, 2.45) is 0 Å². The van der Waals surface area contributed by atoms with Crippen LogP contribution >= 0.6 is 0 Å². The molecule has 1 atom stereocenters. The van der Waals surface area contributed by atoms with Crippen LogP contribution in [0.15, 0.2) is 0 Å². The van der Waals surface area contributed by atoms with E-state index in [1.54, 1.807) is 0 Å². The normalized spacial score (nSPS) is 22.3. The first kappa shape index (κ1) is 11.2. The number of nitrogens with two attached hydrogens (primary N) is 1. The minimum Gasteiger partial charge on any atom is -0.382 e. The van der Waals surface area contributed by atoms with Crippen LogP contribution in [0.4, 0.5) is 5.82 Å². The Kier molecular flexibility index (Phi) is 2.33. The number of nitrogen functional groups attached to an aromatic ring is 1. The maximum absolute atomic E-state index is 6.11. The fourth-order valence-electron chi connectivity index (χ4n) is 3.38. The third-order valence-electron chi connectivity index (χ3n) is 4.24. The van der Waals surface area contributed by atoms with Gasteiger partial charge in [0.2, 0.25) is 0 Å². The van der Waals surface area contributed by atoms with Crippen molar-refractivity contribution in [3.05, 3.63) is 17.1 Å². The van der Waals surface area contributed by atoms with Crippen molar-refractivity contribution in [2.45, 2.75) is 45.3 Å². The Morgan fingerprint density at radius 1 is 1.26 bits per heavy atom. The van der Waals surface area contributed by atoms with Gasteiger partial charge in [0.25, 0.3) is 0 Å². The summed E-state index contributed by atoms with van der Waals surface area (Å²) in [5.41, 5.74) is 10.7. The van der Waals surface area contributed by atoms with Crippen LogP contribution in [-0.2, 0) is 24.2 Å². The van der Waals surface area contributed by atoms with Gasteiger partial charge in [0.15, 0.2) is 5.82 Å². The summed E-state index contributed by atoms with van der Waals surface area (Å²) in [7, 11) is 0. The zero-order valence-corrected chi connectivity index (χ0v) is 11.1. The lowest BCUT2D eigenvalue weighted by Gasteiger charge is -2.25. The van der Waals surface area contributed by atoms with Gasteiger partial charge >= 0.3 is 0 Å². The maximum atomic E-state index is 6.11. The lowest BCUT2D eigenvalue weighted by molar-refractivity contribution is 0.0620. The van der Waals surface area contributed by atoms with Crippen LogP contribution < -0.4 is 5.73 Å². The Morgan fingerprint density at radius 2 is 2.11 bits per heavy atom. The monoisotopic (exact) mass is 258 g/mol. The molecule has 5 nitrogen and oxygen atoms in total. The fraction of sp³-hybridized carbons (Fsp3) is 0.571. The predicted octanol–water partition coefficient (Wildman–Crippen LogP) is 1.98. The summed E-state index contributed by atoms with van der Waals surface area (Å²) in [6.07, 6.45) is 4.59. The van der Waals surface area contributed by atoms with E-state index in [9.17, 15) is 0 Å². The molecule has 3 heterocycles. The van der Waals surface area contributed by atoms with Gasteiger partial charge in [0.05, 0.1) is 18.2 Å². The van der Waals surface area contributed by atoms with Crippen LogP contribution in [0.2, 0.25) is 0 Å². The smallest absolute Gasteiger partial charge is 0.151 e. The highest BCUT2D eigenvalue weighted by Gasteiger charge is 2.26. The fourth-order valence-corrected chi connectivity index (χ4v) is 3.38. The molecule has 5 heteroatoms. The molecule has 0 fully saturated rings. The van der Waals surface area contributed by atoms with E-state index in [-0.39, 0.29) is 0 Å². The van der Waals surface area contributed by atoms with Crippen molar-refractivity contribution in [1.82, 2.24) is 14.5 Å². The van der Waals surface area contributed by atoms with Gasteiger partial charge in [-0.1, -0.05) is 0 Å². The van der Waals surface area contributed by atoms with Gasteiger partial charge in [0.1, 0.15) is 17.9 Å². The van der Waals surface area contributed by atoms with Gasteiger partial charge in [-0.05, 0) is 38.2 Å². The summed E-state index contributed by atoms with van der Waals surface area (Å²) in [4.78, 5) is 9.23. The minimum absolute atomic E-state index is 0.321. The van der Waals surface area contributed by atoms with E-state index in [1.165, 1.54) is 29.6 Å². The molecular formula is C14H18N4O. The van der Waals surface area contributed by atoms with Crippen molar-refractivity contribution in [3.63, 3.8) is 0 Å². The molecule has 1 aliphatic carbocycles. The standard InChI is InChI=1S/C14H18N4O/c1-8-6-19-7-11-17-12-13(18(8)11)9-4-2-3-5-10(9)16-14(12)15/h8H,2-7H2,1H3,(H2,15,16)/t8-/m1/s1. The van der Waals surface area contributed by atoms with Crippen LogP contribution in [0.3, 0.4) is 0 Å². The summed E-state index contributed by atoms with van der Waals surface area (Å²) in [5, 5.41) is 0. The molecule has 100 valence electrons. The zero-order chi connectivity index (χ0) is 13.0. The highest BCUT2D eigenvalue weighted by molar-refractivity contribution is 5.89. The Bertz CT molecular complexity index is 661. The van der Waals surface area contributed by atoms with E-state index in [0.717, 1.165) is 30.8 Å². The molecule has 0 saturated carbocycles. The third kappa shape index (κ3) is 1.51. The first-order valence-electron chi connectivity index (χ1n) is 7.01. The molecular weight excluding hydrogens is 240 g/mol. The largest absolute Gasteiger partial charge is 0.382 e. The zero-order valence-electron chi connectivity index (χ0n) is 11.1. The average molecular weight is 258 g/mol. The summed E-state index contributed by atoms with van der Waals surface area (Å²) in [5.74, 6) is 1.56. The average Bonchev–Trinajstić information content (AvgIpc) is 2.81. The molecule has 1 aliphatic heterocycles. The third-order valence-corrected chi connectivity index (χ3v) is 4.24. The SMILES string of the molecule is C[C@@H]1COCc2nc3c(N)nc4c(c3n21)CCCC4. The lowest BCUT2D eigenvalue weighted by Crippen LogP contribution is -2.22. The first-order valence-corrected chi connectivity index (χ1v) is 7.01. The molecule has 0 amide bonds. The molecule has 2 N–H and O–H groups in total. The Hall–Kier alpha value is -1.62. The second-order valence-corrected chi connectivity index (χ2v) is 5.59. The second-order valence-electron chi connectivity index (χ2n) is 5.59. The molecule has 19 heavy (non-hydrogen) atoms. The Labute approximate surface area is 111 Å². The number of anilines is 1. The lowest BCUT2D eigenvalue weighted by atomic mass is 9.94. The molecule has 0 saturated heterocycles. The Balaban J connectivity index is 2.10. The Morgan fingerprint density at radius 3 is 3.00 bits per heavy atom. The van der Waals surface area contributed by atoms with Crippen molar-refractivity contribution in [1.29, 1.82) is 0 Å². The number of hydrogen-bond donors (Lipinski definition) is 1. The van der Waals surface area contributed by atoms with Gasteiger partial charge in [-0.15, -0.1) is 0 Å². The number of aromatic nitrogens is 3. The number of fused-ring (bicyclic) bond motifs is 5. The van der Waals surface area contributed by atoms with Crippen LogP contribution in [-0.4, -0.2) is 21.1 Å². The predicted molar refractivity (Wildman–Crippen MR) is 72.9 cm³/mol. The second kappa shape index (κ2) is 3.93. The van der Waals surface area contributed by atoms with Gasteiger partial charge < -0.3 is 15.0 Å². The summed E-state index contributed by atoms with van der Waals surface area (Å²) in [6, 6.07) is 0.321. The summed E-state index contributed by atoms with van der Waals surface area (Å²) in [6.45, 7) is 3.50. The van der Waals surface area contributed by atoms with Crippen molar-refractivity contribution >= 4 is 16.9 Å². The molecule has 0 aromatic carbocycles. The van der Waals surface area contributed by atoms with E-state index in [4.69, 9.17) is 10.5 Å². The van der Waals surface area contributed by atoms with Crippen LogP contribution in [0.25, 0.3) is 11.0 Å². The number of imidazole rings is 1. The molecule has 4 rings (SSSR count). The first-order chi connectivity index (χ1) is 9.25. The number of nitrogens with zero attached hydrogens (tertiary/aromatic N) is 3. The summed E-state index contributed by atoms with van der Waals surface area (Å²) < 4.78 is 7.90. The summed E-state index contributed by atoms with van der Waals surface area (Å²) >= 11 is 0. The number of pyridine rings is 1. The maximum Gasteiger partial charge on any atom is 0.151 e. The van der Waals surface area contributed by atoms with E-state index < -0.39 is 0 Å². The van der Waals surface area contributed by atoms with Gasteiger partial charge in [-0.3, -0.25) is 0 Å². The molecule has 2 aromatic heterocycles. The van der Waals surface area contributed by atoms with Crippen molar-refractivity contribution in [2.75, 3.05) is 12.3 Å². The molecule has 0 unspecified atom stereocenters. The minimum atomic E-state index is 0.321. The van der Waals surface area contributed by atoms with E-state index in [1.807, 2.05) is 0 Å². The quantitative estimate of drug-likeness (QED) is 0.784.